The highest BCUT2D eigenvalue weighted by Gasteiger charge is 2.15. The van der Waals surface area contributed by atoms with Gasteiger partial charge in [-0.15, -0.1) is 0 Å². The van der Waals surface area contributed by atoms with E-state index < -0.39 is 0 Å². The van der Waals surface area contributed by atoms with E-state index in [0.29, 0.717) is 11.3 Å². The average molecular weight is 346 g/mol. The molecule has 2 N–H and O–H groups in total. The Hall–Kier alpha value is -3.40. The lowest BCUT2D eigenvalue weighted by molar-refractivity contribution is -0.116. The smallest absolute Gasteiger partial charge is 0.257 e. The van der Waals surface area contributed by atoms with Crippen molar-refractivity contribution in [3.63, 3.8) is 0 Å². The third-order valence-corrected chi connectivity index (χ3v) is 3.67. The maximum atomic E-state index is 12.6. The number of carbonyl (C=O) groups excluding carboxylic acids is 2. The van der Waals surface area contributed by atoms with Crippen LogP contribution in [0.15, 0.2) is 103 Å². The summed E-state index contributed by atoms with van der Waals surface area (Å²) < 4.78 is 0. The zero-order chi connectivity index (χ0) is 18.8. The Morgan fingerprint density at radius 2 is 1.85 bits per heavy atom. The molecule has 0 saturated heterocycles. The molecule has 2 amide bonds. The number of hydrogen-bond acceptors (Lipinski definition) is 2. The number of hydrogen-bond donors (Lipinski definition) is 2. The second-order valence-corrected chi connectivity index (χ2v) is 5.54. The average Bonchev–Trinajstić information content (AvgIpc) is 2.67. The summed E-state index contributed by atoms with van der Waals surface area (Å²) in [5.74, 6) is -0.645. The van der Waals surface area contributed by atoms with Gasteiger partial charge in [0.15, 0.2) is 0 Å². The van der Waals surface area contributed by atoms with Gasteiger partial charge in [0.05, 0.1) is 11.3 Å². The molecule has 132 valence electrons. The van der Waals surface area contributed by atoms with E-state index in [1.54, 1.807) is 42.5 Å². The molecule has 0 atom stereocenters. The molecule has 0 spiro atoms. The Kier molecular flexibility index (Phi) is 7.13. The molecule has 0 heterocycles. The fraction of sp³-hybridized carbons (Fsp3) is 0.0909. The second-order valence-electron chi connectivity index (χ2n) is 5.54. The predicted octanol–water partition coefficient (Wildman–Crippen LogP) is 3.95. The van der Waals surface area contributed by atoms with Crippen molar-refractivity contribution in [2.75, 3.05) is 0 Å². The van der Waals surface area contributed by atoms with Crippen molar-refractivity contribution in [1.29, 1.82) is 0 Å². The molecule has 4 heteroatoms. The molecular weight excluding hydrogens is 324 g/mol. The molecule has 0 aromatic heterocycles. The number of carbonyl (C=O) groups is 2. The maximum absolute atomic E-state index is 12.6. The van der Waals surface area contributed by atoms with E-state index in [9.17, 15) is 9.59 Å². The first-order valence-electron chi connectivity index (χ1n) is 8.36. The minimum Gasteiger partial charge on any atom is -0.322 e. The molecule has 0 radical (unpaired) electrons. The van der Waals surface area contributed by atoms with Crippen molar-refractivity contribution in [2.45, 2.75) is 12.8 Å². The monoisotopic (exact) mass is 346 g/mol. The zero-order valence-corrected chi connectivity index (χ0v) is 14.6. The van der Waals surface area contributed by atoms with Crippen LogP contribution in [0, 0.1) is 0 Å². The Labute approximate surface area is 154 Å². The summed E-state index contributed by atoms with van der Waals surface area (Å²) in [7, 11) is 0. The van der Waals surface area contributed by atoms with Gasteiger partial charge in [-0.1, -0.05) is 61.7 Å². The zero-order valence-electron chi connectivity index (χ0n) is 14.6. The van der Waals surface area contributed by atoms with Crippen LogP contribution in [0.25, 0.3) is 0 Å². The van der Waals surface area contributed by atoms with Crippen molar-refractivity contribution < 1.29 is 9.59 Å². The number of amides is 2. The molecule has 0 bridgehead atoms. The number of rotatable bonds is 7. The van der Waals surface area contributed by atoms with Crippen LogP contribution >= 0.6 is 0 Å². The maximum Gasteiger partial charge on any atom is 0.257 e. The van der Waals surface area contributed by atoms with Crippen LogP contribution in [0.2, 0.25) is 0 Å². The molecule has 1 aliphatic rings. The summed E-state index contributed by atoms with van der Waals surface area (Å²) in [5.41, 5.74) is 1.86. The van der Waals surface area contributed by atoms with Gasteiger partial charge in [-0.2, -0.15) is 0 Å². The highest BCUT2D eigenvalue weighted by atomic mass is 16.2. The highest BCUT2D eigenvalue weighted by Crippen LogP contribution is 2.11. The minimum atomic E-state index is -0.338. The Morgan fingerprint density at radius 1 is 1.08 bits per heavy atom. The van der Waals surface area contributed by atoms with E-state index in [-0.39, 0.29) is 17.4 Å². The SMILES string of the molecule is C=C/C=C\C(NC(=O)c1ccccc1)=C(/C=C)C(=O)NC1=CCCC=C1. The van der Waals surface area contributed by atoms with Gasteiger partial charge in [0, 0.05) is 11.3 Å². The molecule has 0 saturated carbocycles. The number of benzene rings is 1. The van der Waals surface area contributed by atoms with Crippen molar-refractivity contribution in [3.05, 3.63) is 109 Å². The van der Waals surface area contributed by atoms with E-state index >= 15 is 0 Å². The van der Waals surface area contributed by atoms with Crippen LogP contribution in [0.5, 0.6) is 0 Å². The van der Waals surface area contributed by atoms with Crippen LogP contribution in [0.4, 0.5) is 0 Å². The van der Waals surface area contributed by atoms with Crippen molar-refractivity contribution in [2.24, 2.45) is 0 Å². The molecule has 0 unspecified atom stereocenters. The van der Waals surface area contributed by atoms with Crippen molar-refractivity contribution in [1.82, 2.24) is 10.6 Å². The fourth-order valence-corrected chi connectivity index (χ4v) is 2.38. The van der Waals surface area contributed by atoms with Gasteiger partial charge in [-0.25, -0.2) is 0 Å². The normalized spacial score (nSPS) is 14.2. The van der Waals surface area contributed by atoms with Gasteiger partial charge in [0.1, 0.15) is 0 Å². The minimum absolute atomic E-state index is 0.271. The van der Waals surface area contributed by atoms with Crippen LogP contribution in [0.3, 0.4) is 0 Å². The molecular formula is C22H22N2O2. The highest BCUT2D eigenvalue weighted by molar-refractivity contribution is 6.01. The van der Waals surface area contributed by atoms with Gasteiger partial charge in [0.2, 0.25) is 0 Å². The van der Waals surface area contributed by atoms with E-state index in [0.717, 1.165) is 18.5 Å². The summed E-state index contributed by atoms with van der Waals surface area (Å²) >= 11 is 0. The van der Waals surface area contributed by atoms with E-state index in [1.165, 1.54) is 6.08 Å². The van der Waals surface area contributed by atoms with Crippen molar-refractivity contribution in [3.8, 4) is 0 Å². The molecule has 26 heavy (non-hydrogen) atoms. The van der Waals surface area contributed by atoms with Gasteiger partial charge >= 0.3 is 0 Å². The predicted molar refractivity (Wildman–Crippen MR) is 105 cm³/mol. The third kappa shape index (κ3) is 5.31. The summed E-state index contributed by atoms with van der Waals surface area (Å²) in [6.07, 6.45) is 13.9. The number of allylic oxidation sites excluding steroid dienone is 6. The van der Waals surface area contributed by atoms with E-state index in [1.807, 2.05) is 24.3 Å². The second kappa shape index (κ2) is 9.79. The quantitative estimate of drug-likeness (QED) is 0.580. The van der Waals surface area contributed by atoms with Crippen LogP contribution in [0.1, 0.15) is 23.2 Å². The first-order chi connectivity index (χ1) is 12.7. The molecule has 4 nitrogen and oxygen atoms in total. The van der Waals surface area contributed by atoms with E-state index in [2.05, 4.69) is 23.8 Å². The summed E-state index contributed by atoms with van der Waals surface area (Å²) in [6, 6.07) is 8.80. The number of nitrogens with one attached hydrogen (secondary N) is 2. The Morgan fingerprint density at radius 3 is 2.46 bits per heavy atom. The van der Waals surface area contributed by atoms with Gasteiger partial charge in [-0.05, 0) is 37.1 Å². The lowest BCUT2D eigenvalue weighted by atomic mass is 10.1. The van der Waals surface area contributed by atoms with Gasteiger partial charge in [-0.3, -0.25) is 9.59 Å². The van der Waals surface area contributed by atoms with E-state index in [4.69, 9.17) is 0 Å². The Balaban J connectivity index is 2.28. The molecule has 1 aromatic carbocycles. The topological polar surface area (TPSA) is 58.2 Å². The molecule has 0 fully saturated rings. The Bertz CT molecular complexity index is 812. The molecule has 0 aliphatic heterocycles. The largest absolute Gasteiger partial charge is 0.322 e. The van der Waals surface area contributed by atoms with Crippen LogP contribution < -0.4 is 10.6 Å². The first-order valence-corrected chi connectivity index (χ1v) is 8.36. The van der Waals surface area contributed by atoms with Crippen LogP contribution in [-0.4, -0.2) is 11.8 Å². The van der Waals surface area contributed by atoms with Gasteiger partial charge in [0.25, 0.3) is 11.8 Å². The lowest BCUT2D eigenvalue weighted by Gasteiger charge is -2.13. The molecule has 2 rings (SSSR count). The first kappa shape index (κ1) is 18.9. The van der Waals surface area contributed by atoms with Gasteiger partial charge < -0.3 is 10.6 Å². The summed E-state index contributed by atoms with van der Waals surface area (Å²) in [5, 5.41) is 5.61. The molecule has 1 aromatic rings. The lowest BCUT2D eigenvalue weighted by Crippen LogP contribution is -2.29. The molecule has 1 aliphatic carbocycles. The van der Waals surface area contributed by atoms with Crippen LogP contribution in [-0.2, 0) is 4.79 Å². The standard InChI is InChI=1S/C22H22N2O2/c1-3-5-16-20(24-21(25)17-12-8-6-9-13-17)19(4-2)22(26)23-18-14-10-7-11-15-18/h3-6,8-10,12-16H,1-2,7,11H2,(H,23,26)(H,24,25)/b16-5-,20-19-. The fourth-order valence-electron chi connectivity index (χ4n) is 2.38. The third-order valence-electron chi connectivity index (χ3n) is 3.67. The summed E-state index contributed by atoms with van der Waals surface area (Å²) in [4.78, 5) is 25.1. The van der Waals surface area contributed by atoms with Crippen molar-refractivity contribution >= 4 is 11.8 Å². The summed E-state index contributed by atoms with van der Waals surface area (Å²) in [6.45, 7) is 7.34.